The minimum Gasteiger partial charge on any atom is -0.339 e. The van der Waals surface area contributed by atoms with Gasteiger partial charge in [0.2, 0.25) is 7.55 Å². The first-order valence-electron chi connectivity index (χ1n) is 1.48. The van der Waals surface area contributed by atoms with Crippen molar-refractivity contribution < 1.29 is 0 Å². The van der Waals surface area contributed by atoms with Crippen LogP contribution in [0.5, 0.6) is 0 Å². The smallest absolute Gasteiger partial charge is 0.217 e. The molecule has 0 aromatic heterocycles. The van der Waals surface area contributed by atoms with Gasteiger partial charge in [-0.25, -0.2) is 0 Å². The minimum absolute atomic E-state index is 1.64. The molecule has 0 aliphatic heterocycles. The zero-order chi connectivity index (χ0) is 4.50. The van der Waals surface area contributed by atoms with Gasteiger partial charge < -0.3 is 5.40 Å². The van der Waals surface area contributed by atoms with E-state index in [0.29, 0.717) is 0 Å². The summed E-state index contributed by atoms with van der Waals surface area (Å²) >= 11 is 5.45. The van der Waals surface area contributed by atoms with Crippen LogP contribution in [-0.2, 0) is 0 Å². The summed E-state index contributed by atoms with van der Waals surface area (Å²) in [5.41, 5.74) is 0. The lowest BCUT2D eigenvalue weighted by Gasteiger charge is -1.97. The lowest BCUT2D eigenvalue weighted by Crippen LogP contribution is -2.29. The minimum atomic E-state index is -1.64. The van der Waals surface area contributed by atoms with Crippen LogP contribution in [-0.4, -0.2) is 7.55 Å². The fourth-order valence-corrected chi connectivity index (χ4v) is 0. The number of nitrogens with two attached hydrogens (primary N) is 1. The lowest BCUT2D eigenvalue weighted by molar-refractivity contribution is 1.70. The van der Waals surface area contributed by atoms with Gasteiger partial charge in [0.1, 0.15) is 0 Å². The third-order valence-corrected chi connectivity index (χ3v) is 0. The number of rotatable bonds is 0. The lowest BCUT2D eigenvalue weighted by atomic mass is 11.9. The molecule has 0 aromatic rings. The van der Waals surface area contributed by atoms with E-state index in [1.165, 1.54) is 0 Å². The van der Waals surface area contributed by atoms with E-state index in [1.807, 2.05) is 13.1 Å². The zero-order valence-electron chi connectivity index (χ0n) is 3.46. The largest absolute Gasteiger partial charge is 0.339 e. The number of hydrogen-bond donors (Lipinski definition) is 1. The van der Waals surface area contributed by atoms with Gasteiger partial charge >= 0.3 is 0 Å². The van der Waals surface area contributed by atoms with Crippen molar-refractivity contribution in [3.8, 4) is 0 Å². The molecule has 0 aliphatic carbocycles. The Labute approximate surface area is 37.9 Å². The third kappa shape index (κ3) is 125. The van der Waals surface area contributed by atoms with E-state index in [0.717, 1.165) is 0 Å². The van der Waals surface area contributed by atoms with Crippen LogP contribution < -0.4 is 5.40 Å². The molecule has 0 bridgehead atoms. The number of hydrogen-bond acceptors (Lipinski definition) is 1. The quantitative estimate of drug-likeness (QED) is 0.363. The van der Waals surface area contributed by atoms with Gasteiger partial charge in [0, 0.05) is 0 Å². The van der Waals surface area contributed by atoms with E-state index in [4.69, 9.17) is 16.5 Å². The van der Waals surface area contributed by atoms with Crippen molar-refractivity contribution >= 4 is 18.6 Å². The second-order valence-electron chi connectivity index (χ2n) is 1.56. The average Bonchev–Trinajstić information content (AvgIpc) is 0.722. The summed E-state index contributed by atoms with van der Waals surface area (Å²) < 4.78 is 0. The van der Waals surface area contributed by atoms with E-state index in [2.05, 4.69) is 0 Å². The molecular weight excluding hydrogens is 102 g/mol. The number of halogens is 1. The van der Waals surface area contributed by atoms with Crippen LogP contribution in [0.25, 0.3) is 0 Å². The van der Waals surface area contributed by atoms with Crippen molar-refractivity contribution in [2.45, 2.75) is 13.1 Å². The molecule has 2 N–H and O–H groups in total. The first-order chi connectivity index (χ1) is 2.00. The highest BCUT2D eigenvalue weighted by atomic mass is 35.6. The van der Waals surface area contributed by atoms with Crippen LogP contribution in [0.15, 0.2) is 0 Å². The maximum Gasteiger partial charge on any atom is 0.217 e. The Morgan fingerprint density at radius 1 is 1.60 bits per heavy atom. The normalized spacial score (nSPS) is 12.0. The molecule has 0 rings (SSSR count). The first kappa shape index (κ1) is 5.47. The first-order valence-corrected chi connectivity index (χ1v) is 5.57. The van der Waals surface area contributed by atoms with Crippen molar-refractivity contribution in [3.63, 3.8) is 0 Å². The van der Waals surface area contributed by atoms with Crippen LogP contribution in [0.3, 0.4) is 0 Å². The predicted octanol–water partition coefficient (Wildman–Crippen LogP) is 0.886. The van der Waals surface area contributed by atoms with Gasteiger partial charge in [-0.3, -0.25) is 0 Å². The van der Waals surface area contributed by atoms with Crippen molar-refractivity contribution in [3.05, 3.63) is 0 Å². The molecule has 0 saturated carbocycles. The van der Waals surface area contributed by atoms with Gasteiger partial charge in [0.15, 0.2) is 0 Å². The Morgan fingerprint density at radius 2 is 1.60 bits per heavy atom. The second kappa shape index (κ2) is 1.28. The Bertz CT molecular complexity index is 25.1. The predicted molar refractivity (Wildman–Crippen MR) is 27.5 cm³/mol. The molecule has 0 amide bonds. The van der Waals surface area contributed by atoms with Gasteiger partial charge in [-0.1, -0.05) is 0 Å². The molecule has 32 valence electrons. The highest BCUT2D eigenvalue weighted by molar-refractivity contribution is 7.17. The molecule has 1 nitrogen and oxygen atoms in total. The Morgan fingerprint density at radius 3 is 1.60 bits per heavy atom. The van der Waals surface area contributed by atoms with Gasteiger partial charge in [-0.2, -0.15) is 0 Å². The van der Waals surface area contributed by atoms with Crippen LogP contribution in [0.1, 0.15) is 0 Å². The highest BCUT2D eigenvalue weighted by Gasteiger charge is 2.05. The second-order valence-corrected chi connectivity index (χ2v) is 7.62. The molecule has 3 heteroatoms. The van der Waals surface area contributed by atoms with Gasteiger partial charge in [0.25, 0.3) is 0 Å². The fourth-order valence-electron chi connectivity index (χ4n) is 0. The van der Waals surface area contributed by atoms with E-state index in [9.17, 15) is 0 Å². The van der Waals surface area contributed by atoms with E-state index in [1.54, 1.807) is 0 Å². The molecule has 0 radical (unpaired) electrons. The Hall–Kier alpha value is 0.467. The van der Waals surface area contributed by atoms with Crippen LogP contribution >= 0.6 is 11.1 Å². The van der Waals surface area contributed by atoms with Crippen molar-refractivity contribution in [1.29, 1.82) is 0 Å². The molecular formula is C2H8ClNSi. The van der Waals surface area contributed by atoms with E-state index < -0.39 is 7.55 Å². The molecule has 5 heavy (non-hydrogen) atoms. The van der Waals surface area contributed by atoms with Gasteiger partial charge in [-0.05, 0) is 13.1 Å². The standard InChI is InChI=1S/C2H8ClNSi/c1-5(2,3)4/h4H2,1-2H3. The molecule has 0 unspecified atom stereocenters. The zero-order valence-corrected chi connectivity index (χ0v) is 5.21. The van der Waals surface area contributed by atoms with Gasteiger partial charge in [0.05, 0.1) is 0 Å². The van der Waals surface area contributed by atoms with Crippen LogP contribution in [0.2, 0.25) is 13.1 Å². The molecule has 0 spiro atoms. The summed E-state index contributed by atoms with van der Waals surface area (Å²) in [6.45, 7) is 3.74. The maximum atomic E-state index is 5.45. The average molecular weight is 110 g/mol. The van der Waals surface area contributed by atoms with Crippen molar-refractivity contribution in [2.75, 3.05) is 0 Å². The highest BCUT2D eigenvalue weighted by Crippen LogP contribution is 1.93. The summed E-state index contributed by atoms with van der Waals surface area (Å²) in [5, 5.41) is 5.26. The summed E-state index contributed by atoms with van der Waals surface area (Å²) in [6.07, 6.45) is 0. The van der Waals surface area contributed by atoms with Crippen molar-refractivity contribution in [2.24, 2.45) is 5.40 Å². The SMILES string of the molecule is C[Si](C)(N)Cl. The maximum absolute atomic E-state index is 5.45. The molecule has 0 heterocycles. The monoisotopic (exact) mass is 109 g/mol. The van der Waals surface area contributed by atoms with E-state index in [-0.39, 0.29) is 0 Å². The van der Waals surface area contributed by atoms with Crippen molar-refractivity contribution in [1.82, 2.24) is 0 Å². The fraction of sp³-hybridized carbons (Fsp3) is 1.00. The Kier molecular flexibility index (Phi) is 1.40. The van der Waals surface area contributed by atoms with E-state index >= 15 is 0 Å². The molecule has 0 aromatic carbocycles. The van der Waals surface area contributed by atoms with Crippen LogP contribution in [0.4, 0.5) is 0 Å². The molecule has 0 atom stereocenters. The molecule has 0 saturated heterocycles. The summed E-state index contributed by atoms with van der Waals surface area (Å²) in [5.74, 6) is 0. The topological polar surface area (TPSA) is 26.0 Å². The Balaban J connectivity index is 3.02. The molecule has 0 fully saturated rings. The molecule has 0 aliphatic rings. The van der Waals surface area contributed by atoms with Gasteiger partial charge in [-0.15, -0.1) is 11.1 Å². The third-order valence-electron chi connectivity index (χ3n) is 0. The summed E-state index contributed by atoms with van der Waals surface area (Å²) in [7, 11) is -1.64. The summed E-state index contributed by atoms with van der Waals surface area (Å²) in [4.78, 5) is 0. The van der Waals surface area contributed by atoms with Crippen LogP contribution in [0, 0.1) is 0 Å². The summed E-state index contributed by atoms with van der Waals surface area (Å²) in [6, 6.07) is 0.